The maximum Gasteiger partial charge on any atom is 0.254 e. The summed E-state index contributed by atoms with van der Waals surface area (Å²) in [4.78, 5) is 14.6. The van der Waals surface area contributed by atoms with Gasteiger partial charge >= 0.3 is 0 Å². The number of hydrogen-bond acceptors (Lipinski definition) is 2. The van der Waals surface area contributed by atoms with Gasteiger partial charge in [0.05, 0.1) is 12.6 Å². The van der Waals surface area contributed by atoms with E-state index in [9.17, 15) is 9.90 Å². The molecule has 1 aromatic carbocycles. The number of aliphatic hydroxyl groups is 1. The Morgan fingerprint density at radius 2 is 2.16 bits per heavy atom. The quantitative estimate of drug-likeness (QED) is 0.888. The van der Waals surface area contributed by atoms with Crippen molar-refractivity contribution in [3.63, 3.8) is 0 Å². The summed E-state index contributed by atoms with van der Waals surface area (Å²) in [6.45, 7) is 6.93. The van der Waals surface area contributed by atoms with Crippen molar-refractivity contribution in [2.45, 2.75) is 39.7 Å². The monoisotopic (exact) mass is 261 g/mol. The maximum absolute atomic E-state index is 12.7. The highest BCUT2D eigenvalue weighted by Gasteiger charge is 2.32. The molecule has 1 aliphatic heterocycles. The molecule has 0 spiro atoms. The topological polar surface area (TPSA) is 40.5 Å². The molecular weight excluding hydrogens is 238 g/mol. The number of piperidine rings is 1. The largest absolute Gasteiger partial charge is 0.394 e. The number of aryl methyl sites for hydroxylation is 1. The van der Waals surface area contributed by atoms with Gasteiger partial charge < -0.3 is 10.0 Å². The van der Waals surface area contributed by atoms with Gasteiger partial charge in [0.1, 0.15) is 0 Å². The number of amides is 1. The molecule has 2 rings (SSSR count). The number of carbonyl (C=O) groups is 1. The Labute approximate surface area is 115 Å². The van der Waals surface area contributed by atoms with E-state index in [4.69, 9.17) is 0 Å². The summed E-state index contributed by atoms with van der Waals surface area (Å²) in [6, 6.07) is 5.80. The third-order valence-corrected chi connectivity index (χ3v) is 4.40. The Morgan fingerprint density at radius 1 is 1.42 bits per heavy atom. The molecule has 3 nitrogen and oxygen atoms in total. The lowest BCUT2D eigenvalue weighted by Gasteiger charge is -2.39. The summed E-state index contributed by atoms with van der Waals surface area (Å²) in [6.07, 6.45) is 2.11. The highest BCUT2D eigenvalue weighted by molar-refractivity contribution is 5.96. The molecule has 1 saturated heterocycles. The van der Waals surface area contributed by atoms with Crippen molar-refractivity contribution in [3.05, 3.63) is 34.9 Å². The number of hydrogen-bond donors (Lipinski definition) is 1. The van der Waals surface area contributed by atoms with Gasteiger partial charge in [0.15, 0.2) is 0 Å². The van der Waals surface area contributed by atoms with E-state index >= 15 is 0 Å². The van der Waals surface area contributed by atoms with Crippen molar-refractivity contribution in [3.8, 4) is 0 Å². The molecule has 0 aromatic heterocycles. The van der Waals surface area contributed by atoms with Crippen LogP contribution in [-0.4, -0.2) is 35.1 Å². The van der Waals surface area contributed by atoms with Crippen LogP contribution in [0.2, 0.25) is 0 Å². The SMILES string of the molecule is Cc1cccc(C(=O)N2CCCC(C)C2CO)c1C. The van der Waals surface area contributed by atoms with Gasteiger partial charge in [-0.2, -0.15) is 0 Å². The van der Waals surface area contributed by atoms with E-state index in [-0.39, 0.29) is 18.6 Å². The van der Waals surface area contributed by atoms with Gasteiger partial charge in [-0.25, -0.2) is 0 Å². The first kappa shape index (κ1) is 14.1. The van der Waals surface area contributed by atoms with Crippen LogP contribution in [0.4, 0.5) is 0 Å². The van der Waals surface area contributed by atoms with Crippen molar-refractivity contribution in [2.75, 3.05) is 13.2 Å². The number of nitrogens with zero attached hydrogens (tertiary/aromatic N) is 1. The van der Waals surface area contributed by atoms with Crippen molar-refractivity contribution in [1.82, 2.24) is 4.90 Å². The van der Waals surface area contributed by atoms with Crippen LogP contribution in [0.25, 0.3) is 0 Å². The maximum atomic E-state index is 12.7. The van der Waals surface area contributed by atoms with E-state index in [1.165, 1.54) is 0 Å². The molecule has 104 valence electrons. The third-order valence-electron chi connectivity index (χ3n) is 4.40. The van der Waals surface area contributed by atoms with Crippen LogP contribution in [0.5, 0.6) is 0 Å². The lowest BCUT2D eigenvalue weighted by atomic mass is 9.90. The van der Waals surface area contributed by atoms with Crippen LogP contribution < -0.4 is 0 Å². The average Bonchev–Trinajstić information content (AvgIpc) is 2.41. The van der Waals surface area contributed by atoms with E-state index in [0.717, 1.165) is 36.1 Å². The average molecular weight is 261 g/mol. The molecule has 0 bridgehead atoms. The summed E-state index contributed by atoms with van der Waals surface area (Å²) in [7, 11) is 0. The predicted molar refractivity (Wildman–Crippen MR) is 76.2 cm³/mol. The summed E-state index contributed by atoms with van der Waals surface area (Å²) in [5, 5.41) is 9.56. The standard InChI is InChI=1S/C16H23NO2/c1-11-6-4-8-14(13(11)3)16(19)17-9-5-7-12(2)15(17)10-18/h4,6,8,12,15,18H,5,7,9-10H2,1-3H3. The Bertz CT molecular complexity index is 470. The van der Waals surface area contributed by atoms with Gasteiger partial charge in [0.25, 0.3) is 5.91 Å². The summed E-state index contributed by atoms with van der Waals surface area (Å²) >= 11 is 0. The second-order valence-electron chi connectivity index (χ2n) is 5.62. The Kier molecular flexibility index (Phi) is 4.25. The molecule has 1 aromatic rings. The summed E-state index contributed by atoms with van der Waals surface area (Å²) in [5.74, 6) is 0.430. The molecular formula is C16H23NO2. The van der Waals surface area contributed by atoms with Crippen LogP contribution >= 0.6 is 0 Å². The fourth-order valence-corrected chi connectivity index (χ4v) is 2.92. The predicted octanol–water partition coefficient (Wildman–Crippen LogP) is 2.54. The Morgan fingerprint density at radius 3 is 2.84 bits per heavy atom. The van der Waals surface area contributed by atoms with Crippen molar-refractivity contribution >= 4 is 5.91 Å². The fourth-order valence-electron chi connectivity index (χ4n) is 2.92. The zero-order chi connectivity index (χ0) is 14.0. The second-order valence-corrected chi connectivity index (χ2v) is 5.62. The lowest BCUT2D eigenvalue weighted by molar-refractivity contribution is 0.0357. The van der Waals surface area contributed by atoms with Gasteiger partial charge in [-0.3, -0.25) is 4.79 Å². The van der Waals surface area contributed by atoms with Crippen molar-refractivity contribution < 1.29 is 9.90 Å². The molecule has 0 radical (unpaired) electrons. The van der Waals surface area contributed by atoms with Gasteiger partial charge in [-0.1, -0.05) is 19.1 Å². The minimum absolute atomic E-state index is 0.0406. The minimum atomic E-state index is -0.0406. The van der Waals surface area contributed by atoms with Crippen molar-refractivity contribution in [2.24, 2.45) is 5.92 Å². The molecule has 2 unspecified atom stereocenters. The van der Waals surface area contributed by atoms with E-state index in [1.54, 1.807) is 0 Å². The minimum Gasteiger partial charge on any atom is -0.394 e. The molecule has 1 N–H and O–H groups in total. The molecule has 1 heterocycles. The van der Waals surface area contributed by atoms with Gasteiger partial charge in [-0.05, 0) is 49.8 Å². The van der Waals surface area contributed by atoms with Crippen LogP contribution in [0, 0.1) is 19.8 Å². The van der Waals surface area contributed by atoms with Crippen LogP contribution in [0.1, 0.15) is 41.3 Å². The zero-order valence-electron chi connectivity index (χ0n) is 12.0. The summed E-state index contributed by atoms with van der Waals surface area (Å²) < 4.78 is 0. The highest BCUT2D eigenvalue weighted by Crippen LogP contribution is 2.26. The second kappa shape index (κ2) is 5.74. The third kappa shape index (κ3) is 2.66. The van der Waals surface area contributed by atoms with Crippen LogP contribution in [0.3, 0.4) is 0 Å². The number of carbonyl (C=O) groups excluding carboxylic acids is 1. The molecule has 2 atom stereocenters. The van der Waals surface area contributed by atoms with E-state index in [2.05, 4.69) is 6.92 Å². The number of rotatable bonds is 2. The van der Waals surface area contributed by atoms with E-state index in [1.807, 2.05) is 36.9 Å². The van der Waals surface area contributed by atoms with Gasteiger partial charge in [0, 0.05) is 12.1 Å². The smallest absolute Gasteiger partial charge is 0.254 e. The van der Waals surface area contributed by atoms with E-state index < -0.39 is 0 Å². The first-order valence-electron chi connectivity index (χ1n) is 7.04. The molecule has 1 aliphatic rings. The number of likely N-dealkylation sites (tertiary alicyclic amines) is 1. The molecule has 3 heteroatoms. The molecule has 0 saturated carbocycles. The van der Waals surface area contributed by atoms with Gasteiger partial charge in [-0.15, -0.1) is 0 Å². The fraction of sp³-hybridized carbons (Fsp3) is 0.562. The summed E-state index contributed by atoms with van der Waals surface area (Å²) in [5.41, 5.74) is 2.95. The normalized spacial score (nSPS) is 23.5. The molecule has 1 fully saturated rings. The molecule has 1 amide bonds. The van der Waals surface area contributed by atoms with E-state index in [0.29, 0.717) is 5.92 Å². The van der Waals surface area contributed by atoms with Crippen LogP contribution in [-0.2, 0) is 0 Å². The number of aliphatic hydroxyl groups excluding tert-OH is 1. The molecule has 19 heavy (non-hydrogen) atoms. The zero-order valence-corrected chi connectivity index (χ0v) is 12.0. The Hall–Kier alpha value is -1.35. The highest BCUT2D eigenvalue weighted by atomic mass is 16.3. The first-order valence-corrected chi connectivity index (χ1v) is 7.04. The Balaban J connectivity index is 2.29. The van der Waals surface area contributed by atoms with Crippen LogP contribution in [0.15, 0.2) is 18.2 Å². The first-order chi connectivity index (χ1) is 9.06. The van der Waals surface area contributed by atoms with Gasteiger partial charge in [0.2, 0.25) is 0 Å². The molecule has 0 aliphatic carbocycles. The van der Waals surface area contributed by atoms with Crippen molar-refractivity contribution in [1.29, 1.82) is 0 Å². The lowest BCUT2D eigenvalue weighted by Crippen LogP contribution is -2.49. The number of benzene rings is 1.